The fourth-order valence-corrected chi connectivity index (χ4v) is 5.41. The average Bonchev–Trinajstić information content (AvgIpc) is 3.43. The zero-order chi connectivity index (χ0) is 21.6. The Balaban J connectivity index is 1.32. The number of halogens is 1. The molecule has 2 saturated heterocycles. The van der Waals surface area contributed by atoms with E-state index < -0.39 is 0 Å². The predicted octanol–water partition coefficient (Wildman–Crippen LogP) is 4.33. The Morgan fingerprint density at radius 2 is 1.77 bits per heavy atom. The summed E-state index contributed by atoms with van der Waals surface area (Å²) in [7, 11) is 0. The van der Waals surface area contributed by atoms with Crippen LogP contribution in [0.25, 0.3) is 0 Å². The summed E-state index contributed by atoms with van der Waals surface area (Å²) in [5.74, 6) is 0.559. The molecule has 0 spiro atoms. The van der Waals surface area contributed by atoms with E-state index >= 15 is 0 Å². The number of hydrogen-bond acceptors (Lipinski definition) is 4. The summed E-state index contributed by atoms with van der Waals surface area (Å²) in [6.45, 7) is 4.67. The van der Waals surface area contributed by atoms with E-state index in [1.54, 1.807) is 11.8 Å². The summed E-state index contributed by atoms with van der Waals surface area (Å²) in [4.78, 5) is 29.3. The second kappa shape index (κ2) is 10.5. The number of rotatable bonds is 8. The van der Waals surface area contributed by atoms with Crippen LogP contribution in [0.3, 0.4) is 0 Å². The van der Waals surface area contributed by atoms with Crippen molar-refractivity contribution in [1.82, 2.24) is 15.1 Å². The molecule has 2 fully saturated rings. The fourth-order valence-electron chi connectivity index (χ4n) is 4.10. The molecule has 1 atom stereocenters. The van der Waals surface area contributed by atoms with Crippen molar-refractivity contribution in [2.75, 3.05) is 31.9 Å². The molecule has 2 aliphatic rings. The lowest BCUT2D eigenvalue weighted by Gasteiger charge is -2.24. The molecule has 2 heterocycles. The Morgan fingerprint density at radius 3 is 2.48 bits per heavy atom. The van der Waals surface area contributed by atoms with Gasteiger partial charge in [0, 0.05) is 23.7 Å². The highest BCUT2D eigenvalue weighted by Crippen LogP contribution is 2.39. The third-order valence-corrected chi connectivity index (χ3v) is 7.34. The fraction of sp³-hybridized carbons (Fsp3) is 0.417. The van der Waals surface area contributed by atoms with Crippen molar-refractivity contribution in [1.29, 1.82) is 0 Å². The summed E-state index contributed by atoms with van der Waals surface area (Å²) in [6, 6.07) is 15.2. The molecule has 7 heteroatoms. The van der Waals surface area contributed by atoms with Crippen molar-refractivity contribution >= 4 is 35.2 Å². The summed E-state index contributed by atoms with van der Waals surface area (Å²) in [5.41, 5.74) is 2.74. The molecule has 2 aromatic carbocycles. The smallest absolute Gasteiger partial charge is 0.251 e. The maximum Gasteiger partial charge on any atom is 0.251 e. The molecule has 0 aromatic heterocycles. The van der Waals surface area contributed by atoms with E-state index in [-0.39, 0.29) is 17.2 Å². The van der Waals surface area contributed by atoms with Gasteiger partial charge >= 0.3 is 0 Å². The van der Waals surface area contributed by atoms with Crippen LogP contribution < -0.4 is 5.32 Å². The largest absolute Gasteiger partial charge is 0.352 e. The van der Waals surface area contributed by atoms with Gasteiger partial charge in [0.05, 0.1) is 5.75 Å². The van der Waals surface area contributed by atoms with Crippen molar-refractivity contribution in [2.24, 2.45) is 0 Å². The van der Waals surface area contributed by atoms with Crippen LogP contribution in [-0.4, -0.2) is 53.5 Å². The SMILES string of the molecule is O=C(NCCCN1CCCC1)c1ccc([C@H]2SCC(=O)N2Cc2ccc(Cl)cc2)cc1. The number of nitrogens with zero attached hydrogens (tertiary/aromatic N) is 2. The van der Waals surface area contributed by atoms with E-state index in [1.165, 1.54) is 25.9 Å². The quantitative estimate of drug-likeness (QED) is 0.599. The van der Waals surface area contributed by atoms with E-state index in [0.29, 0.717) is 29.4 Å². The van der Waals surface area contributed by atoms with Crippen molar-refractivity contribution in [2.45, 2.75) is 31.2 Å². The molecule has 4 rings (SSSR count). The Kier molecular flexibility index (Phi) is 7.54. The molecule has 2 aliphatic heterocycles. The lowest BCUT2D eigenvalue weighted by molar-refractivity contribution is -0.128. The lowest BCUT2D eigenvalue weighted by Crippen LogP contribution is -2.29. The molecule has 0 bridgehead atoms. The summed E-state index contributed by atoms with van der Waals surface area (Å²) in [6.07, 6.45) is 3.56. The van der Waals surface area contributed by atoms with Crippen molar-refractivity contribution in [3.63, 3.8) is 0 Å². The second-order valence-corrected chi connectivity index (χ2v) is 9.60. The zero-order valence-corrected chi connectivity index (χ0v) is 19.1. The minimum absolute atomic E-state index is 0.0406. The van der Waals surface area contributed by atoms with E-state index in [2.05, 4.69) is 10.2 Å². The van der Waals surface area contributed by atoms with Gasteiger partial charge in [0.15, 0.2) is 0 Å². The van der Waals surface area contributed by atoms with Crippen LogP contribution in [-0.2, 0) is 11.3 Å². The number of nitrogens with one attached hydrogen (secondary N) is 1. The van der Waals surface area contributed by atoms with E-state index in [0.717, 1.165) is 24.1 Å². The number of thioether (sulfide) groups is 1. The van der Waals surface area contributed by atoms with Crippen LogP contribution in [0, 0.1) is 0 Å². The molecule has 2 amide bonds. The van der Waals surface area contributed by atoms with Gasteiger partial charge in [0.25, 0.3) is 5.91 Å². The van der Waals surface area contributed by atoms with E-state index in [1.807, 2.05) is 53.4 Å². The lowest BCUT2D eigenvalue weighted by atomic mass is 10.1. The molecule has 5 nitrogen and oxygen atoms in total. The summed E-state index contributed by atoms with van der Waals surface area (Å²) >= 11 is 7.59. The highest BCUT2D eigenvalue weighted by atomic mass is 35.5. The Bertz CT molecular complexity index is 898. The molecule has 0 unspecified atom stereocenters. The van der Waals surface area contributed by atoms with Gasteiger partial charge in [-0.15, -0.1) is 11.8 Å². The molecule has 0 aliphatic carbocycles. The molecular formula is C24H28ClN3O2S. The number of amides is 2. The highest BCUT2D eigenvalue weighted by molar-refractivity contribution is 8.00. The predicted molar refractivity (Wildman–Crippen MR) is 126 cm³/mol. The van der Waals surface area contributed by atoms with Crippen molar-refractivity contribution < 1.29 is 9.59 Å². The topological polar surface area (TPSA) is 52.7 Å². The number of carbonyl (C=O) groups is 2. The van der Waals surface area contributed by atoms with Crippen molar-refractivity contribution in [3.05, 3.63) is 70.2 Å². The first-order chi connectivity index (χ1) is 15.1. The maximum atomic E-state index is 12.5. The number of benzene rings is 2. The second-order valence-electron chi connectivity index (χ2n) is 8.09. The third-order valence-electron chi connectivity index (χ3n) is 5.83. The Labute approximate surface area is 193 Å². The normalized spacial score (nSPS) is 19.2. The first-order valence-corrected chi connectivity index (χ1v) is 12.3. The summed E-state index contributed by atoms with van der Waals surface area (Å²) < 4.78 is 0. The van der Waals surface area contributed by atoms with Crippen molar-refractivity contribution in [3.8, 4) is 0 Å². The standard InChI is InChI=1S/C24H28ClN3O2S/c25-21-10-4-18(5-11-21)16-28-22(29)17-31-24(28)20-8-6-19(7-9-20)23(30)26-12-3-15-27-13-1-2-14-27/h4-11,24H,1-3,12-17H2,(H,26,30)/t24-/m1/s1. The van der Waals surface area contributed by atoms with Gasteiger partial charge in [-0.2, -0.15) is 0 Å². The third kappa shape index (κ3) is 5.82. The van der Waals surface area contributed by atoms with Gasteiger partial charge in [0.1, 0.15) is 5.37 Å². The molecular weight excluding hydrogens is 430 g/mol. The molecule has 2 aromatic rings. The molecule has 31 heavy (non-hydrogen) atoms. The van der Waals surface area contributed by atoms with Crippen LogP contribution in [0.2, 0.25) is 5.02 Å². The van der Waals surface area contributed by atoms with Crippen LogP contribution in [0.4, 0.5) is 0 Å². The molecule has 164 valence electrons. The maximum absolute atomic E-state index is 12.5. The summed E-state index contributed by atoms with van der Waals surface area (Å²) in [5, 5.41) is 3.67. The van der Waals surface area contributed by atoms with Gasteiger partial charge in [-0.3, -0.25) is 9.59 Å². The minimum atomic E-state index is -0.0410. The average molecular weight is 458 g/mol. The van der Waals surface area contributed by atoms with Gasteiger partial charge < -0.3 is 15.1 Å². The van der Waals surface area contributed by atoms with Gasteiger partial charge in [-0.1, -0.05) is 35.9 Å². The minimum Gasteiger partial charge on any atom is -0.352 e. The van der Waals surface area contributed by atoms with Gasteiger partial charge in [-0.05, 0) is 74.3 Å². The monoisotopic (exact) mass is 457 g/mol. The van der Waals surface area contributed by atoms with E-state index in [9.17, 15) is 9.59 Å². The van der Waals surface area contributed by atoms with Gasteiger partial charge in [0.2, 0.25) is 5.91 Å². The first kappa shape index (κ1) is 22.2. The molecule has 1 N–H and O–H groups in total. The highest BCUT2D eigenvalue weighted by Gasteiger charge is 2.32. The van der Waals surface area contributed by atoms with E-state index in [4.69, 9.17) is 11.6 Å². The molecule has 0 radical (unpaired) electrons. The zero-order valence-electron chi connectivity index (χ0n) is 17.6. The van der Waals surface area contributed by atoms with Crippen LogP contribution in [0.15, 0.2) is 48.5 Å². The number of carbonyl (C=O) groups excluding carboxylic acids is 2. The van der Waals surface area contributed by atoms with Crippen LogP contribution in [0.1, 0.15) is 46.1 Å². The van der Waals surface area contributed by atoms with Gasteiger partial charge in [-0.25, -0.2) is 0 Å². The number of hydrogen-bond donors (Lipinski definition) is 1. The number of likely N-dealkylation sites (tertiary alicyclic amines) is 1. The Morgan fingerprint density at radius 1 is 1.06 bits per heavy atom. The van der Waals surface area contributed by atoms with Crippen LogP contribution in [0.5, 0.6) is 0 Å². The van der Waals surface area contributed by atoms with Crippen LogP contribution >= 0.6 is 23.4 Å². The Hall–Kier alpha value is -2.02. The first-order valence-electron chi connectivity index (χ1n) is 10.9. The molecule has 0 saturated carbocycles.